The van der Waals surface area contributed by atoms with Crippen molar-refractivity contribution in [1.29, 1.82) is 0 Å². The summed E-state index contributed by atoms with van der Waals surface area (Å²) in [5.74, 6) is 0.498. The molecule has 3 N–H and O–H groups in total. The predicted octanol–water partition coefficient (Wildman–Crippen LogP) is 2.24. The van der Waals surface area contributed by atoms with Crippen LogP contribution in [0.4, 0.5) is 0 Å². The van der Waals surface area contributed by atoms with Crippen molar-refractivity contribution in [3.63, 3.8) is 0 Å². The van der Waals surface area contributed by atoms with E-state index in [-0.39, 0.29) is 6.04 Å². The Morgan fingerprint density at radius 3 is 2.87 bits per heavy atom. The molecule has 2 rings (SSSR count). The highest BCUT2D eigenvalue weighted by Crippen LogP contribution is 2.27. The van der Waals surface area contributed by atoms with Crippen LogP contribution in [0.3, 0.4) is 0 Å². The summed E-state index contributed by atoms with van der Waals surface area (Å²) in [5, 5.41) is 3.40. The molecule has 1 aliphatic rings. The van der Waals surface area contributed by atoms with Gasteiger partial charge in [0.25, 0.3) is 0 Å². The lowest BCUT2D eigenvalue weighted by molar-refractivity contribution is 0.518. The van der Waals surface area contributed by atoms with Gasteiger partial charge in [-0.15, -0.1) is 0 Å². The Morgan fingerprint density at radius 1 is 1.27 bits per heavy atom. The van der Waals surface area contributed by atoms with Gasteiger partial charge in [-0.1, -0.05) is 28.1 Å². The highest BCUT2D eigenvalue weighted by atomic mass is 79.9. The molecule has 0 amide bonds. The zero-order valence-corrected chi connectivity index (χ0v) is 10.3. The van der Waals surface area contributed by atoms with E-state index in [2.05, 4.69) is 45.5 Å². The van der Waals surface area contributed by atoms with Crippen molar-refractivity contribution in [3.8, 4) is 0 Å². The van der Waals surface area contributed by atoms with E-state index in [1.165, 1.54) is 5.56 Å². The van der Waals surface area contributed by atoms with E-state index >= 15 is 0 Å². The molecule has 3 heteroatoms. The van der Waals surface area contributed by atoms with Crippen LogP contribution in [0.1, 0.15) is 24.3 Å². The van der Waals surface area contributed by atoms with Gasteiger partial charge in [0.1, 0.15) is 0 Å². The maximum Gasteiger partial charge on any atom is 0.0178 e. The van der Waals surface area contributed by atoms with Crippen LogP contribution in [0, 0.1) is 0 Å². The molecule has 1 heterocycles. The molecule has 1 aromatic rings. The normalized spacial score (nSPS) is 27.3. The predicted molar refractivity (Wildman–Crippen MR) is 67.0 cm³/mol. The van der Waals surface area contributed by atoms with Gasteiger partial charge in [0.15, 0.2) is 0 Å². The van der Waals surface area contributed by atoms with Crippen molar-refractivity contribution in [2.45, 2.75) is 24.8 Å². The van der Waals surface area contributed by atoms with E-state index in [9.17, 15) is 0 Å². The lowest BCUT2D eigenvalue weighted by atomic mass is 9.88. The van der Waals surface area contributed by atoms with Gasteiger partial charge < -0.3 is 11.1 Å². The molecule has 15 heavy (non-hydrogen) atoms. The average Bonchev–Trinajstić information content (AvgIpc) is 2.43. The van der Waals surface area contributed by atoms with Crippen LogP contribution in [0.5, 0.6) is 0 Å². The summed E-state index contributed by atoms with van der Waals surface area (Å²) in [6.45, 7) is 2.12. The number of rotatable bonds is 1. The third-order valence-electron chi connectivity index (χ3n) is 3.08. The SMILES string of the molecule is NC1CCNCCC1c1cccc(Br)c1. The van der Waals surface area contributed by atoms with Crippen molar-refractivity contribution < 1.29 is 0 Å². The molecular weight excluding hydrogens is 252 g/mol. The Hall–Kier alpha value is -0.380. The monoisotopic (exact) mass is 268 g/mol. The van der Waals surface area contributed by atoms with Gasteiger partial charge in [-0.05, 0) is 43.6 Å². The van der Waals surface area contributed by atoms with E-state index < -0.39 is 0 Å². The van der Waals surface area contributed by atoms with Crippen LogP contribution in [0.15, 0.2) is 28.7 Å². The number of hydrogen-bond donors (Lipinski definition) is 2. The van der Waals surface area contributed by atoms with Gasteiger partial charge in [-0.3, -0.25) is 0 Å². The Kier molecular flexibility index (Phi) is 3.78. The minimum Gasteiger partial charge on any atom is -0.327 e. The number of nitrogens with one attached hydrogen (secondary N) is 1. The largest absolute Gasteiger partial charge is 0.327 e. The second-order valence-corrected chi connectivity index (χ2v) is 5.07. The molecule has 1 fully saturated rings. The zero-order chi connectivity index (χ0) is 10.7. The molecule has 0 radical (unpaired) electrons. The Labute approximate surface area is 99.4 Å². The van der Waals surface area contributed by atoms with E-state index in [1.54, 1.807) is 0 Å². The van der Waals surface area contributed by atoms with Crippen LogP contribution in [-0.4, -0.2) is 19.1 Å². The Bertz CT molecular complexity index is 327. The zero-order valence-electron chi connectivity index (χ0n) is 8.75. The number of nitrogens with two attached hydrogens (primary N) is 1. The molecule has 1 aromatic carbocycles. The molecule has 0 aliphatic carbocycles. The summed E-state index contributed by atoms with van der Waals surface area (Å²) in [4.78, 5) is 0. The van der Waals surface area contributed by atoms with Gasteiger partial charge in [-0.2, -0.15) is 0 Å². The van der Waals surface area contributed by atoms with Crippen molar-refractivity contribution in [2.75, 3.05) is 13.1 Å². The minimum atomic E-state index is 0.286. The van der Waals surface area contributed by atoms with Crippen molar-refractivity contribution in [2.24, 2.45) is 5.73 Å². The Morgan fingerprint density at radius 2 is 2.07 bits per heavy atom. The first-order valence-electron chi connectivity index (χ1n) is 5.49. The summed E-state index contributed by atoms with van der Waals surface area (Å²) in [7, 11) is 0. The minimum absolute atomic E-state index is 0.286. The first-order chi connectivity index (χ1) is 7.27. The standard InChI is InChI=1S/C12H17BrN2/c13-10-3-1-2-9(8-10)11-4-6-15-7-5-12(11)14/h1-3,8,11-12,15H,4-7,14H2. The third kappa shape index (κ3) is 2.80. The quantitative estimate of drug-likeness (QED) is 0.820. The highest BCUT2D eigenvalue weighted by molar-refractivity contribution is 9.10. The summed E-state index contributed by atoms with van der Waals surface area (Å²) in [6, 6.07) is 8.81. The molecule has 1 saturated heterocycles. The maximum absolute atomic E-state index is 6.21. The fraction of sp³-hybridized carbons (Fsp3) is 0.500. The number of benzene rings is 1. The van der Waals surface area contributed by atoms with Crippen LogP contribution in [0.2, 0.25) is 0 Å². The van der Waals surface area contributed by atoms with Crippen molar-refractivity contribution >= 4 is 15.9 Å². The van der Waals surface area contributed by atoms with E-state index in [1.807, 2.05) is 0 Å². The second kappa shape index (κ2) is 5.10. The topological polar surface area (TPSA) is 38.0 Å². The third-order valence-corrected chi connectivity index (χ3v) is 3.57. The average molecular weight is 269 g/mol. The molecular formula is C12H17BrN2. The first kappa shape index (κ1) is 11.1. The van der Waals surface area contributed by atoms with Gasteiger partial charge in [-0.25, -0.2) is 0 Å². The van der Waals surface area contributed by atoms with Crippen LogP contribution >= 0.6 is 15.9 Å². The van der Waals surface area contributed by atoms with Crippen LogP contribution in [-0.2, 0) is 0 Å². The molecule has 0 bridgehead atoms. The molecule has 0 aromatic heterocycles. The summed E-state index contributed by atoms with van der Waals surface area (Å²) in [5.41, 5.74) is 7.57. The summed E-state index contributed by atoms with van der Waals surface area (Å²) < 4.78 is 1.14. The van der Waals surface area contributed by atoms with Crippen LogP contribution < -0.4 is 11.1 Å². The maximum atomic E-state index is 6.21. The van der Waals surface area contributed by atoms with Gasteiger partial charge in [0, 0.05) is 16.4 Å². The van der Waals surface area contributed by atoms with Gasteiger partial charge in [0.2, 0.25) is 0 Å². The Balaban J connectivity index is 2.20. The molecule has 2 atom stereocenters. The highest BCUT2D eigenvalue weighted by Gasteiger charge is 2.21. The second-order valence-electron chi connectivity index (χ2n) is 4.15. The number of hydrogen-bond acceptors (Lipinski definition) is 2. The van der Waals surface area contributed by atoms with E-state index in [0.717, 1.165) is 30.4 Å². The molecule has 2 nitrogen and oxygen atoms in total. The summed E-state index contributed by atoms with van der Waals surface area (Å²) >= 11 is 3.51. The fourth-order valence-electron chi connectivity index (χ4n) is 2.22. The lowest BCUT2D eigenvalue weighted by Crippen LogP contribution is -2.28. The van der Waals surface area contributed by atoms with E-state index in [4.69, 9.17) is 5.73 Å². The molecule has 0 saturated carbocycles. The number of halogens is 1. The molecule has 82 valence electrons. The molecule has 1 aliphatic heterocycles. The molecule has 0 spiro atoms. The first-order valence-corrected chi connectivity index (χ1v) is 6.28. The van der Waals surface area contributed by atoms with E-state index in [0.29, 0.717) is 5.92 Å². The van der Waals surface area contributed by atoms with Gasteiger partial charge in [0.05, 0.1) is 0 Å². The van der Waals surface area contributed by atoms with Crippen molar-refractivity contribution in [1.82, 2.24) is 5.32 Å². The van der Waals surface area contributed by atoms with Gasteiger partial charge >= 0.3 is 0 Å². The lowest BCUT2D eigenvalue weighted by Gasteiger charge is -2.21. The summed E-state index contributed by atoms with van der Waals surface area (Å²) in [6.07, 6.45) is 2.20. The molecule has 2 unspecified atom stereocenters. The smallest absolute Gasteiger partial charge is 0.0178 e. The fourth-order valence-corrected chi connectivity index (χ4v) is 2.63. The van der Waals surface area contributed by atoms with Crippen molar-refractivity contribution in [3.05, 3.63) is 34.3 Å². The van der Waals surface area contributed by atoms with Crippen LogP contribution in [0.25, 0.3) is 0 Å².